The molecule has 2 aromatic carbocycles. The third kappa shape index (κ3) is 7.75. The lowest BCUT2D eigenvalue weighted by Crippen LogP contribution is -2.45. The first-order valence-corrected chi connectivity index (χ1v) is 13.8. The quantitative estimate of drug-likeness (QED) is 0.239. The average molecular weight is 640 g/mol. The van der Waals surface area contributed by atoms with Crippen LogP contribution >= 0.6 is 0 Å². The fourth-order valence-corrected chi connectivity index (χ4v) is 5.45. The zero-order valence-electron chi connectivity index (χ0n) is 23.9. The molecule has 1 aliphatic carbocycles. The Balaban J connectivity index is 1.64. The van der Waals surface area contributed by atoms with Crippen LogP contribution in [-0.2, 0) is 32.1 Å². The van der Waals surface area contributed by atoms with Crippen molar-refractivity contribution < 1.29 is 50.2 Å². The average Bonchev–Trinajstić information content (AvgIpc) is 3.76. The minimum Gasteiger partial charge on any atom is -0.469 e. The van der Waals surface area contributed by atoms with E-state index in [0.717, 1.165) is 12.1 Å². The molecule has 0 aromatic heterocycles. The number of likely N-dealkylation sites (tertiary alicyclic amines) is 1. The van der Waals surface area contributed by atoms with Crippen LogP contribution in [0.2, 0.25) is 0 Å². The summed E-state index contributed by atoms with van der Waals surface area (Å²) >= 11 is 0. The number of carbonyl (C=O) groups is 2. The lowest BCUT2D eigenvalue weighted by Gasteiger charge is -2.30. The number of methoxy groups -OCH3 is 1. The van der Waals surface area contributed by atoms with Gasteiger partial charge in [0.1, 0.15) is 5.82 Å². The summed E-state index contributed by atoms with van der Waals surface area (Å²) in [6, 6.07) is 5.61. The molecular formula is C31H28F7N3O4. The van der Waals surface area contributed by atoms with Crippen molar-refractivity contribution in [2.45, 2.75) is 55.5 Å². The molecule has 1 saturated carbocycles. The van der Waals surface area contributed by atoms with Gasteiger partial charge in [-0.2, -0.15) is 31.6 Å². The Hall–Kier alpha value is -4.14. The van der Waals surface area contributed by atoms with Crippen LogP contribution in [0.1, 0.15) is 54.4 Å². The number of esters is 1. The van der Waals surface area contributed by atoms with Gasteiger partial charge in [-0.05, 0) is 80.7 Å². The number of hydrogen-bond acceptors (Lipinski definition) is 6. The van der Waals surface area contributed by atoms with Crippen LogP contribution in [0, 0.1) is 34.9 Å². The Kier molecular flexibility index (Phi) is 9.52. The third-order valence-electron chi connectivity index (χ3n) is 8.11. The smallest absolute Gasteiger partial charge is 0.417 e. The Morgan fingerprint density at radius 2 is 1.73 bits per heavy atom. The monoisotopic (exact) mass is 639 g/mol. The van der Waals surface area contributed by atoms with E-state index in [1.807, 2.05) is 4.90 Å². The highest BCUT2D eigenvalue weighted by atomic mass is 19.4. The van der Waals surface area contributed by atoms with Crippen LogP contribution in [-0.4, -0.2) is 54.2 Å². The number of hydrogen-bond donors (Lipinski definition) is 2. The molecule has 0 radical (unpaired) electrons. The van der Waals surface area contributed by atoms with Crippen molar-refractivity contribution in [3.63, 3.8) is 0 Å². The number of nitrogens with zero attached hydrogens (tertiary/aromatic N) is 2. The number of anilines is 1. The van der Waals surface area contributed by atoms with E-state index < -0.39 is 63.9 Å². The molecule has 1 amide bonds. The summed E-state index contributed by atoms with van der Waals surface area (Å²) < 4.78 is 100. The summed E-state index contributed by atoms with van der Waals surface area (Å²) in [4.78, 5) is 27.1. The summed E-state index contributed by atoms with van der Waals surface area (Å²) in [6.07, 6.45) is -9.23. The lowest BCUT2D eigenvalue weighted by molar-refractivity contribution is -0.147. The number of carbonyl (C=O) groups excluding carboxylic acids is 2. The summed E-state index contributed by atoms with van der Waals surface area (Å²) in [6.45, 7) is 0.886. The highest BCUT2D eigenvalue weighted by Crippen LogP contribution is 2.55. The van der Waals surface area contributed by atoms with Gasteiger partial charge >= 0.3 is 18.3 Å². The summed E-state index contributed by atoms with van der Waals surface area (Å²) in [7, 11) is 1.28. The first kappa shape index (κ1) is 33.7. The molecule has 1 saturated heterocycles. The Labute approximate surface area is 254 Å². The van der Waals surface area contributed by atoms with Gasteiger partial charge in [0.05, 0.1) is 42.3 Å². The molecule has 4 rings (SSSR count). The third-order valence-corrected chi connectivity index (χ3v) is 8.11. The number of ether oxygens (including phenoxy) is 1. The topological polar surface area (TPSA) is 103 Å². The second-order valence-electron chi connectivity index (χ2n) is 11.2. The van der Waals surface area contributed by atoms with Crippen LogP contribution in [0.4, 0.5) is 36.4 Å². The van der Waals surface area contributed by atoms with E-state index in [-0.39, 0.29) is 36.8 Å². The van der Waals surface area contributed by atoms with Crippen LogP contribution in [0.5, 0.6) is 0 Å². The van der Waals surface area contributed by atoms with E-state index in [1.165, 1.54) is 13.2 Å². The zero-order chi connectivity index (χ0) is 33.2. The minimum atomic E-state index is -4.94. The lowest BCUT2D eigenvalue weighted by atomic mass is 9.82. The molecule has 1 aliphatic heterocycles. The van der Waals surface area contributed by atoms with Crippen molar-refractivity contribution >= 4 is 17.6 Å². The van der Waals surface area contributed by atoms with Gasteiger partial charge in [-0.15, -0.1) is 0 Å². The Bertz CT molecular complexity index is 1560. The second kappa shape index (κ2) is 12.7. The van der Waals surface area contributed by atoms with Gasteiger partial charge in [-0.1, -0.05) is 11.8 Å². The van der Waals surface area contributed by atoms with Crippen LogP contribution < -0.4 is 5.32 Å². The number of amides is 1. The highest BCUT2D eigenvalue weighted by molar-refractivity contribution is 6.00. The molecule has 1 unspecified atom stereocenters. The molecule has 1 atom stereocenters. The molecule has 2 N–H and O–H groups in total. The molecule has 7 nitrogen and oxygen atoms in total. The van der Waals surface area contributed by atoms with Gasteiger partial charge in [0.25, 0.3) is 5.91 Å². The van der Waals surface area contributed by atoms with Gasteiger partial charge in [-0.3, -0.25) is 14.5 Å². The second-order valence-corrected chi connectivity index (χ2v) is 11.2. The van der Waals surface area contributed by atoms with Crippen molar-refractivity contribution in [3.05, 3.63) is 64.5 Å². The van der Waals surface area contributed by atoms with Gasteiger partial charge in [-0.25, -0.2) is 4.39 Å². The normalized spacial score (nSPS) is 18.1. The summed E-state index contributed by atoms with van der Waals surface area (Å²) in [5.74, 6) is 2.22. The number of rotatable bonds is 7. The standard InChI is InChI=1S/C31H28F7N3O4/c1-45-26(42)19-7-13-41(14-8-19)12-2-9-29(44,27(43)40-22-5-3-20(17-39)23(16-22)31(36,37)38)18-28(10-11-28)24-15-21(30(33,34)35)4-6-25(24)32/h3-6,15-16,19,44H,7-8,10-14,18H2,1H3,(H,40,43). The summed E-state index contributed by atoms with van der Waals surface area (Å²) in [5.41, 5.74) is -8.04. The number of aliphatic hydroxyl groups is 1. The fourth-order valence-electron chi connectivity index (χ4n) is 5.45. The van der Waals surface area contributed by atoms with Crippen molar-refractivity contribution in [3.8, 4) is 17.9 Å². The maximum Gasteiger partial charge on any atom is 0.417 e. The maximum absolute atomic E-state index is 14.9. The van der Waals surface area contributed by atoms with Crippen molar-refractivity contribution in [1.29, 1.82) is 5.26 Å². The molecule has 240 valence electrons. The first-order valence-electron chi connectivity index (χ1n) is 13.8. The van der Waals surface area contributed by atoms with E-state index in [0.29, 0.717) is 50.2 Å². The summed E-state index contributed by atoms with van der Waals surface area (Å²) in [5, 5.41) is 22.8. The van der Waals surface area contributed by atoms with Crippen LogP contribution in [0.15, 0.2) is 36.4 Å². The van der Waals surface area contributed by atoms with Gasteiger partial charge in [0, 0.05) is 17.5 Å². The van der Waals surface area contributed by atoms with E-state index in [4.69, 9.17) is 10.00 Å². The Morgan fingerprint density at radius 3 is 2.29 bits per heavy atom. The molecule has 0 spiro atoms. The maximum atomic E-state index is 14.9. The SMILES string of the molecule is COC(=O)C1CCN(CC#CC(O)(CC2(c3cc(C(F)(F)F)ccc3F)CC2)C(=O)Nc2ccc(C#N)c(C(F)(F)F)c2)CC1. The minimum absolute atomic E-state index is 0.0174. The zero-order valence-corrected chi connectivity index (χ0v) is 23.9. The molecule has 2 fully saturated rings. The largest absolute Gasteiger partial charge is 0.469 e. The molecule has 2 aliphatic rings. The number of halogens is 7. The number of piperidine rings is 1. The van der Waals surface area contributed by atoms with E-state index in [2.05, 4.69) is 17.2 Å². The molecule has 45 heavy (non-hydrogen) atoms. The van der Waals surface area contributed by atoms with Gasteiger partial charge in [0.15, 0.2) is 0 Å². The first-order chi connectivity index (χ1) is 21.0. The van der Waals surface area contributed by atoms with E-state index in [9.17, 15) is 45.4 Å². The van der Waals surface area contributed by atoms with E-state index in [1.54, 1.807) is 0 Å². The Morgan fingerprint density at radius 1 is 1.07 bits per heavy atom. The molecule has 2 aromatic rings. The van der Waals surface area contributed by atoms with Gasteiger partial charge < -0.3 is 15.2 Å². The van der Waals surface area contributed by atoms with Crippen molar-refractivity contribution in [1.82, 2.24) is 4.90 Å². The van der Waals surface area contributed by atoms with Crippen LogP contribution in [0.3, 0.4) is 0 Å². The molecule has 1 heterocycles. The number of benzene rings is 2. The van der Waals surface area contributed by atoms with E-state index >= 15 is 0 Å². The number of nitriles is 1. The molecule has 0 bridgehead atoms. The molecular weight excluding hydrogens is 611 g/mol. The molecule has 14 heteroatoms. The van der Waals surface area contributed by atoms with Crippen LogP contribution in [0.25, 0.3) is 0 Å². The highest BCUT2D eigenvalue weighted by Gasteiger charge is 2.54. The van der Waals surface area contributed by atoms with Gasteiger partial charge in [0.2, 0.25) is 5.60 Å². The van der Waals surface area contributed by atoms with Crippen molar-refractivity contribution in [2.24, 2.45) is 5.92 Å². The number of nitrogens with one attached hydrogen (secondary N) is 1. The predicted molar refractivity (Wildman–Crippen MR) is 146 cm³/mol. The number of alkyl halides is 6. The fraction of sp³-hybridized carbons (Fsp3) is 0.452. The van der Waals surface area contributed by atoms with Crippen molar-refractivity contribution in [2.75, 3.05) is 32.1 Å². The predicted octanol–water partition coefficient (Wildman–Crippen LogP) is 5.41.